The van der Waals surface area contributed by atoms with Crippen LogP contribution in [0.1, 0.15) is 21.7 Å². The summed E-state index contributed by atoms with van der Waals surface area (Å²) >= 11 is 0. The summed E-state index contributed by atoms with van der Waals surface area (Å²) in [6.07, 6.45) is 7.27. The summed E-state index contributed by atoms with van der Waals surface area (Å²) < 4.78 is 3.75. The van der Waals surface area contributed by atoms with E-state index in [-0.39, 0.29) is 5.91 Å². The Bertz CT molecular complexity index is 1050. The fraction of sp³-hybridized carbons (Fsp3) is 0.0952. The van der Waals surface area contributed by atoms with E-state index in [2.05, 4.69) is 15.4 Å². The van der Waals surface area contributed by atoms with Gasteiger partial charge in [0.2, 0.25) is 0 Å². The Kier molecular flexibility index (Phi) is 4.53. The molecule has 0 spiro atoms. The highest BCUT2D eigenvalue weighted by Gasteiger charge is 2.07. The van der Waals surface area contributed by atoms with Crippen molar-refractivity contribution in [2.75, 3.05) is 0 Å². The van der Waals surface area contributed by atoms with Crippen LogP contribution in [0.4, 0.5) is 0 Å². The number of hydrogen-bond acceptors (Lipinski definition) is 3. The first-order valence-corrected chi connectivity index (χ1v) is 8.68. The summed E-state index contributed by atoms with van der Waals surface area (Å²) in [5, 5.41) is 7.16. The minimum atomic E-state index is -0.112. The number of carbonyl (C=O) groups excluding carboxylic acids is 1. The van der Waals surface area contributed by atoms with Gasteiger partial charge in [-0.25, -0.2) is 9.67 Å². The number of amides is 1. The number of aryl methyl sites for hydroxylation is 1. The van der Waals surface area contributed by atoms with Crippen LogP contribution >= 0.6 is 0 Å². The summed E-state index contributed by atoms with van der Waals surface area (Å²) in [7, 11) is 0. The van der Waals surface area contributed by atoms with Crippen molar-refractivity contribution in [3.8, 4) is 11.4 Å². The Morgan fingerprint density at radius 2 is 1.85 bits per heavy atom. The predicted molar refractivity (Wildman–Crippen MR) is 103 cm³/mol. The lowest BCUT2D eigenvalue weighted by Crippen LogP contribution is -2.22. The van der Waals surface area contributed by atoms with Crippen molar-refractivity contribution in [2.24, 2.45) is 0 Å². The van der Waals surface area contributed by atoms with E-state index >= 15 is 0 Å². The molecule has 0 saturated carbocycles. The summed E-state index contributed by atoms with van der Waals surface area (Å²) in [5.41, 5.74) is 3.54. The molecule has 0 radical (unpaired) electrons. The fourth-order valence-electron chi connectivity index (χ4n) is 2.92. The quantitative estimate of drug-likeness (QED) is 0.596. The van der Waals surface area contributed by atoms with Gasteiger partial charge in [0.15, 0.2) is 0 Å². The molecule has 0 fully saturated rings. The van der Waals surface area contributed by atoms with Crippen LogP contribution in [0.25, 0.3) is 11.4 Å². The van der Waals surface area contributed by atoms with E-state index in [1.54, 1.807) is 23.1 Å². The average molecular weight is 357 g/mol. The number of aromatic nitrogens is 4. The van der Waals surface area contributed by atoms with Crippen LogP contribution in [0.15, 0.2) is 79.4 Å². The van der Waals surface area contributed by atoms with Crippen LogP contribution in [-0.2, 0) is 6.54 Å². The van der Waals surface area contributed by atoms with Gasteiger partial charge in [-0.15, -0.1) is 0 Å². The molecule has 0 atom stereocenters. The number of nitrogens with one attached hydrogen (secondary N) is 1. The maximum absolute atomic E-state index is 12.5. The standard InChI is InChI=1S/C21H19N5O/c1-16-22-11-13-25(16)19-8-6-17(7-9-19)15-23-21(27)18-4-2-5-20(14-18)26-12-3-10-24-26/h2-14H,15H2,1H3,(H,23,27). The van der Waals surface area contributed by atoms with Gasteiger partial charge < -0.3 is 9.88 Å². The highest BCUT2D eigenvalue weighted by molar-refractivity contribution is 5.94. The molecular weight excluding hydrogens is 338 g/mol. The number of rotatable bonds is 5. The molecule has 0 aliphatic heterocycles. The van der Waals surface area contributed by atoms with Crippen molar-refractivity contribution in [1.82, 2.24) is 24.6 Å². The Labute approximate surface area is 157 Å². The lowest BCUT2D eigenvalue weighted by molar-refractivity contribution is 0.0951. The zero-order chi connectivity index (χ0) is 18.6. The summed E-state index contributed by atoms with van der Waals surface area (Å²) in [6.45, 7) is 2.43. The highest BCUT2D eigenvalue weighted by Crippen LogP contribution is 2.13. The van der Waals surface area contributed by atoms with Crippen LogP contribution in [0.3, 0.4) is 0 Å². The molecule has 4 rings (SSSR count). The number of carbonyl (C=O) groups is 1. The van der Waals surface area contributed by atoms with Crippen molar-refractivity contribution >= 4 is 5.91 Å². The second kappa shape index (κ2) is 7.29. The zero-order valence-electron chi connectivity index (χ0n) is 14.9. The molecule has 6 heteroatoms. The Morgan fingerprint density at radius 1 is 1.00 bits per heavy atom. The third-order valence-electron chi connectivity index (χ3n) is 4.37. The number of nitrogens with zero attached hydrogens (tertiary/aromatic N) is 4. The van der Waals surface area contributed by atoms with E-state index < -0.39 is 0 Å². The maximum atomic E-state index is 12.5. The second-order valence-electron chi connectivity index (χ2n) is 6.19. The van der Waals surface area contributed by atoms with E-state index in [4.69, 9.17) is 0 Å². The largest absolute Gasteiger partial charge is 0.348 e. The molecule has 2 aromatic carbocycles. The second-order valence-corrected chi connectivity index (χ2v) is 6.19. The third kappa shape index (κ3) is 3.64. The van der Waals surface area contributed by atoms with E-state index in [0.717, 1.165) is 22.8 Å². The molecule has 0 unspecified atom stereocenters. The first-order valence-electron chi connectivity index (χ1n) is 8.68. The lowest BCUT2D eigenvalue weighted by Gasteiger charge is -2.09. The molecule has 2 heterocycles. The smallest absolute Gasteiger partial charge is 0.251 e. The molecule has 1 amide bonds. The minimum Gasteiger partial charge on any atom is -0.348 e. The topological polar surface area (TPSA) is 64.7 Å². The molecular formula is C21H19N5O. The zero-order valence-corrected chi connectivity index (χ0v) is 14.9. The van der Waals surface area contributed by atoms with E-state index in [1.807, 2.05) is 72.4 Å². The summed E-state index contributed by atoms with van der Waals surface area (Å²) in [5.74, 6) is 0.826. The van der Waals surface area contributed by atoms with Gasteiger partial charge in [0.25, 0.3) is 5.91 Å². The molecule has 0 aliphatic carbocycles. The third-order valence-corrected chi connectivity index (χ3v) is 4.37. The molecule has 1 N–H and O–H groups in total. The van der Waals surface area contributed by atoms with Crippen molar-refractivity contribution in [3.63, 3.8) is 0 Å². The van der Waals surface area contributed by atoms with Gasteiger partial charge in [-0.1, -0.05) is 18.2 Å². The molecule has 134 valence electrons. The average Bonchev–Trinajstić information content (AvgIpc) is 3.38. The van der Waals surface area contributed by atoms with E-state index in [0.29, 0.717) is 12.1 Å². The monoisotopic (exact) mass is 357 g/mol. The SMILES string of the molecule is Cc1nccn1-c1ccc(CNC(=O)c2cccc(-n3cccn3)c2)cc1. The summed E-state index contributed by atoms with van der Waals surface area (Å²) in [6, 6.07) is 17.3. The number of hydrogen-bond donors (Lipinski definition) is 1. The minimum absolute atomic E-state index is 0.112. The van der Waals surface area contributed by atoms with Crippen molar-refractivity contribution in [3.05, 3.63) is 96.3 Å². The summed E-state index contributed by atoms with van der Waals surface area (Å²) in [4.78, 5) is 16.7. The fourth-order valence-corrected chi connectivity index (χ4v) is 2.92. The molecule has 0 bridgehead atoms. The Balaban J connectivity index is 1.42. The van der Waals surface area contributed by atoms with Gasteiger partial charge in [0.05, 0.1) is 5.69 Å². The molecule has 27 heavy (non-hydrogen) atoms. The van der Waals surface area contributed by atoms with E-state index in [1.165, 1.54) is 0 Å². The van der Waals surface area contributed by atoms with Gasteiger partial charge in [0.1, 0.15) is 5.82 Å². The van der Waals surface area contributed by atoms with Crippen LogP contribution < -0.4 is 5.32 Å². The van der Waals surface area contributed by atoms with Crippen molar-refractivity contribution in [1.29, 1.82) is 0 Å². The van der Waals surface area contributed by atoms with Gasteiger partial charge in [-0.2, -0.15) is 5.10 Å². The molecule has 4 aromatic rings. The highest BCUT2D eigenvalue weighted by atomic mass is 16.1. The molecule has 0 saturated heterocycles. The predicted octanol–water partition coefficient (Wildman–Crippen LogP) is 3.30. The van der Waals surface area contributed by atoms with Crippen LogP contribution in [-0.4, -0.2) is 25.2 Å². The lowest BCUT2D eigenvalue weighted by atomic mass is 10.1. The number of benzene rings is 2. The van der Waals surface area contributed by atoms with Crippen LogP contribution in [0, 0.1) is 6.92 Å². The number of imidazole rings is 1. The van der Waals surface area contributed by atoms with Gasteiger partial charge in [-0.3, -0.25) is 4.79 Å². The Hall–Kier alpha value is -3.67. The van der Waals surface area contributed by atoms with E-state index in [9.17, 15) is 4.79 Å². The normalized spacial score (nSPS) is 10.7. The van der Waals surface area contributed by atoms with Gasteiger partial charge in [-0.05, 0) is 48.9 Å². The molecule has 0 aliphatic rings. The van der Waals surface area contributed by atoms with Gasteiger partial charge >= 0.3 is 0 Å². The maximum Gasteiger partial charge on any atom is 0.251 e. The van der Waals surface area contributed by atoms with Crippen LogP contribution in [0.5, 0.6) is 0 Å². The van der Waals surface area contributed by atoms with Gasteiger partial charge in [0, 0.05) is 42.6 Å². The Morgan fingerprint density at radius 3 is 2.56 bits per heavy atom. The van der Waals surface area contributed by atoms with Crippen molar-refractivity contribution < 1.29 is 4.79 Å². The van der Waals surface area contributed by atoms with Crippen LogP contribution in [0.2, 0.25) is 0 Å². The molecule has 2 aromatic heterocycles. The first kappa shape index (κ1) is 16.8. The van der Waals surface area contributed by atoms with Crippen molar-refractivity contribution in [2.45, 2.75) is 13.5 Å². The first-order chi connectivity index (χ1) is 13.2. The molecule has 6 nitrogen and oxygen atoms in total.